The summed E-state index contributed by atoms with van der Waals surface area (Å²) in [5, 5.41) is 26.9. The molecule has 6 atom stereocenters. The van der Waals surface area contributed by atoms with Crippen LogP contribution in [0.15, 0.2) is 122 Å². The molecule has 0 aromatic heterocycles. The molecular weight excluding hydrogens is 773 g/mol. The molecule has 6 rings (SSSR count). The number of phenols is 2. The number of piperazine rings is 2. The number of nitrogens with one attached hydrogen (secondary N) is 2. The molecule has 0 saturated carbocycles. The Bertz CT molecular complexity index is 1940. The van der Waals surface area contributed by atoms with Crippen LogP contribution in [0.2, 0.25) is 0 Å². The Labute approximate surface area is 369 Å². The van der Waals surface area contributed by atoms with Gasteiger partial charge >= 0.3 is 0 Å². The van der Waals surface area contributed by atoms with Crippen LogP contribution in [-0.2, 0) is 0 Å². The summed E-state index contributed by atoms with van der Waals surface area (Å²) in [4.78, 5) is 36.2. The molecule has 330 valence electrons. The number of carbonyl (C=O) groups is 2. The first-order valence-corrected chi connectivity index (χ1v) is 22.5. The second-order valence-electron chi connectivity index (χ2n) is 17.4. The minimum Gasteiger partial charge on any atom is -0.508 e. The Hall–Kier alpha value is -5.26. The molecule has 2 aliphatic rings. The largest absolute Gasteiger partial charge is 0.508 e. The maximum absolute atomic E-state index is 13.1. The van der Waals surface area contributed by atoms with Gasteiger partial charge in [0.15, 0.2) is 0 Å². The van der Waals surface area contributed by atoms with E-state index in [-0.39, 0.29) is 47.5 Å². The number of amides is 2. The lowest BCUT2D eigenvalue weighted by molar-refractivity contribution is 0.0306. The lowest BCUT2D eigenvalue weighted by Gasteiger charge is -2.47. The van der Waals surface area contributed by atoms with E-state index in [1.165, 1.54) is 0 Å². The van der Waals surface area contributed by atoms with Gasteiger partial charge in [0.05, 0.1) is 12.1 Å². The van der Waals surface area contributed by atoms with Crippen LogP contribution in [0.4, 0.5) is 0 Å². The predicted octanol–water partition coefficient (Wildman–Crippen LogP) is 8.16. The highest BCUT2D eigenvalue weighted by molar-refractivity contribution is 5.94. The average molecular weight is 841 g/mol. The fourth-order valence-corrected chi connectivity index (χ4v) is 9.40. The Morgan fingerprint density at radius 3 is 1.31 bits per heavy atom. The first-order valence-electron chi connectivity index (χ1n) is 22.5. The molecule has 0 unspecified atom stereocenters. The number of hydrogen-bond donors (Lipinski definition) is 4. The predicted molar refractivity (Wildman–Crippen MR) is 251 cm³/mol. The summed E-state index contributed by atoms with van der Waals surface area (Å²) in [5.74, 6) is 0.304. The third-order valence-electron chi connectivity index (χ3n) is 12.7. The van der Waals surface area contributed by atoms with Gasteiger partial charge in [0.2, 0.25) is 0 Å². The number of carbonyl (C=O) groups excluding carboxylic acids is 2. The molecule has 0 radical (unpaired) electrons. The zero-order valence-electron chi connectivity index (χ0n) is 37.3. The fourth-order valence-electron chi connectivity index (χ4n) is 9.40. The number of rotatable bonds is 19. The van der Waals surface area contributed by atoms with Gasteiger partial charge in [-0.15, -0.1) is 13.2 Å². The van der Waals surface area contributed by atoms with Crippen molar-refractivity contribution in [2.24, 2.45) is 0 Å². The lowest BCUT2D eigenvalue weighted by Crippen LogP contribution is -2.57. The topological polar surface area (TPSA) is 112 Å². The third-order valence-corrected chi connectivity index (χ3v) is 12.7. The SMILES string of the molecule is C=CCN1C[C@@H](C)N([C@H](c2ccc(C(=O)NCCCCCCNC(=O)c3ccc([C@H](c4cccc(O)c4)N4C[C@H](C)N(CC=C)C[C@H]4C)cc3)cc2)c2cccc(O)c2)C[C@@H]1C. The molecule has 0 aliphatic carbocycles. The van der Waals surface area contributed by atoms with E-state index in [9.17, 15) is 19.8 Å². The van der Waals surface area contributed by atoms with Gasteiger partial charge in [0, 0.05) is 87.7 Å². The van der Waals surface area contributed by atoms with E-state index in [0.29, 0.717) is 36.3 Å². The Balaban J connectivity index is 0.950. The minimum atomic E-state index is -0.0906. The first kappa shape index (κ1) is 46.2. The summed E-state index contributed by atoms with van der Waals surface area (Å²) in [7, 11) is 0. The van der Waals surface area contributed by atoms with E-state index in [1.54, 1.807) is 12.1 Å². The van der Waals surface area contributed by atoms with E-state index in [0.717, 1.165) is 87.2 Å². The molecule has 4 aromatic rings. The smallest absolute Gasteiger partial charge is 0.251 e. The molecule has 4 N–H and O–H groups in total. The van der Waals surface area contributed by atoms with Crippen LogP contribution in [0.1, 0.15) is 108 Å². The quantitative estimate of drug-likeness (QED) is 0.0554. The zero-order valence-corrected chi connectivity index (χ0v) is 37.3. The third kappa shape index (κ3) is 11.8. The Morgan fingerprint density at radius 2 is 0.952 bits per heavy atom. The van der Waals surface area contributed by atoms with E-state index in [4.69, 9.17) is 0 Å². The molecule has 2 saturated heterocycles. The van der Waals surface area contributed by atoms with E-state index < -0.39 is 0 Å². The van der Waals surface area contributed by atoms with Gasteiger partial charge in [0.1, 0.15) is 11.5 Å². The van der Waals surface area contributed by atoms with E-state index in [2.05, 4.69) is 83.2 Å². The van der Waals surface area contributed by atoms with Gasteiger partial charge in [-0.2, -0.15) is 0 Å². The molecule has 0 spiro atoms. The van der Waals surface area contributed by atoms with Crippen LogP contribution in [0.3, 0.4) is 0 Å². The number of phenolic OH excluding ortho intramolecular Hbond substituents is 2. The van der Waals surface area contributed by atoms with Crippen molar-refractivity contribution in [2.45, 2.75) is 89.6 Å². The van der Waals surface area contributed by atoms with Crippen LogP contribution in [-0.4, -0.2) is 118 Å². The van der Waals surface area contributed by atoms with Gasteiger partial charge in [-0.1, -0.05) is 73.5 Å². The second-order valence-corrected chi connectivity index (χ2v) is 17.4. The first-order chi connectivity index (χ1) is 30.0. The summed E-state index contributed by atoms with van der Waals surface area (Å²) in [6, 6.07) is 31.9. The summed E-state index contributed by atoms with van der Waals surface area (Å²) in [5.41, 5.74) is 5.46. The van der Waals surface area contributed by atoms with E-state index in [1.807, 2.05) is 84.9 Å². The van der Waals surface area contributed by atoms with Crippen molar-refractivity contribution in [2.75, 3.05) is 52.4 Å². The number of aromatic hydroxyl groups is 2. The summed E-state index contributed by atoms with van der Waals surface area (Å²) in [6.07, 6.45) is 7.53. The highest BCUT2D eigenvalue weighted by Crippen LogP contribution is 2.36. The van der Waals surface area contributed by atoms with Gasteiger partial charge in [0.25, 0.3) is 11.8 Å². The van der Waals surface area contributed by atoms with Crippen molar-refractivity contribution in [3.05, 3.63) is 156 Å². The van der Waals surface area contributed by atoms with Crippen molar-refractivity contribution >= 4 is 11.8 Å². The maximum Gasteiger partial charge on any atom is 0.251 e. The molecule has 10 heteroatoms. The maximum atomic E-state index is 13.1. The fraction of sp³-hybridized carbons (Fsp3) is 0.423. The van der Waals surface area contributed by atoms with Gasteiger partial charge < -0.3 is 20.8 Å². The molecule has 2 heterocycles. The standard InChI is InChI=1S/C52H68N6O4/c1-7-29-55-33-39(5)57(35-37(55)3)49(45-15-13-17-47(59)31-45)41-19-23-43(24-20-41)51(61)53-27-11-9-10-12-28-54-52(62)44-25-21-42(22-26-44)50(46-16-14-18-48(60)32-46)58-36-38(4)56(30-8-2)34-40(58)6/h7-8,13-26,31-32,37-40,49-50,59-60H,1-2,9-12,27-30,33-36H2,3-6H3,(H,53,61)(H,54,62)/t37-,38-,39+,40+,49+,50+/m0/s1. The summed E-state index contributed by atoms with van der Waals surface area (Å²) in [6.45, 7) is 23.4. The van der Waals surface area contributed by atoms with Gasteiger partial charge in [-0.25, -0.2) is 0 Å². The summed E-state index contributed by atoms with van der Waals surface area (Å²) >= 11 is 0. The molecule has 4 aromatic carbocycles. The van der Waals surface area contributed by atoms with Crippen LogP contribution >= 0.6 is 0 Å². The molecular formula is C52H68N6O4. The molecule has 10 nitrogen and oxygen atoms in total. The van der Waals surface area contributed by atoms with E-state index >= 15 is 0 Å². The lowest BCUT2D eigenvalue weighted by atomic mass is 9.92. The Morgan fingerprint density at radius 1 is 0.565 bits per heavy atom. The monoisotopic (exact) mass is 841 g/mol. The summed E-state index contributed by atoms with van der Waals surface area (Å²) < 4.78 is 0. The van der Waals surface area contributed by atoms with Crippen molar-refractivity contribution in [1.82, 2.24) is 30.2 Å². The number of unbranched alkanes of at least 4 members (excludes halogenated alkanes) is 3. The highest BCUT2D eigenvalue weighted by Gasteiger charge is 2.36. The molecule has 2 amide bonds. The number of benzene rings is 4. The van der Waals surface area contributed by atoms with Crippen LogP contribution in [0, 0.1) is 0 Å². The minimum absolute atomic E-state index is 0.0600. The number of nitrogens with zero attached hydrogens (tertiary/aromatic N) is 4. The number of hydrogen-bond acceptors (Lipinski definition) is 8. The zero-order chi connectivity index (χ0) is 44.2. The van der Waals surface area contributed by atoms with Crippen LogP contribution in [0.25, 0.3) is 0 Å². The van der Waals surface area contributed by atoms with Crippen molar-refractivity contribution in [3.8, 4) is 11.5 Å². The van der Waals surface area contributed by atoms with Crippen LogP contribution in [0.5, 0.6) is 11.5 Å². The van der Waals surface area contributed by atoms with Crippen molar-refractivity contribution < 1.29 is 19.8 Å². The molecule has 62 heavy (non-hydrogen) atoms. The second kappa shape index (κ2) is 22.2. The van der Waals surface area contributed by atoms with Crippen LogP contribution < -0.4 is 10.6 Å². The van der Waals surface area contributed by atoms with Gasteiger partial charge in [-0.3, -0.25) is 29.2 Å². The normalized spacial score (nSPS) is 21.2. The highest BCUT2D eigenvalue weighted by atomic mass is 16.3. The molecule has 2 aliphatic heterocycles. The van der Waals surface area contributed by atoms with Crippen molar-refractivity contribution in [3.63, 3.8) is 0 Å². The molecule has 0 bridgehead atoms. The Kier molecular flexibility index (Phi) is 16.6. The average Bonchev–Trinajstić information content (AvgIpc) is 3.26. The molecule has 2 fully saturated rings. The van der Waals surface area contributed by atoms with Gasteiger partial charge in [-0.05, 0) is 111 Å². The van der Waals surface area contributed by atoms with Crippen molar-refractivity contribution in [1.29, 1.82) is 0 Å².